The first-order chi connectivity index (χ1) is 15.5. The zero-order chi connectivity index (χ0) is 23.9. The van der Waals surface area contributed by atoms with E-state index in [1.807, 2.05) is 45.9 Å². The van der Waals surface area contributed by atoms with Crippen LogP contribution in [-0.4, -0.2) is 31.6 Å². The summed E-state index contributed by atoms with van der Waals surface area (Å²) in [5, 5.41) is 16.4. The van der Waals surface area contributed by atoms with Crippen LogP contribution in [-0.2, 0) is 4.79 Å². The van der Waals surface area contributed by atoms with E-state index in [1.54, 1.807) is 22.8 Å². The van der Waals surface area contributed by atoms with E-state index in [9.17, 15) is 14.0 Å². The van der Waals surface area contributed by atoms with E-state index in [4.69, 9.17) is 5.11 Å². The molecule has 0 saturated heterocycles. The van der Waals surface area contributed by atoms with Gasteiger partial charge in [0.05, 0.1) is 23.1 Å². The van der Waals surface area contributed by atoms with E-state index < -0.39 is 17.2 Å². The normalized spacial score (nSPS) is 11.5. The first-order valence-electron chi connectivity index (χ1n) is 10.3. The number of aryl methyl sites for hydroxylation is 1. The largest absolute Gasteiger partial charge is 0.478 e. The third-order valence-corrected chi connectivity index (χ3v) is 5.27. The van der Waals surface area contributed by atoms with Crippen molar-refractivity contribution in [1.82, 2.24) is 14.6 Å². The third kappa shape index (κ3) is 4.45. The van der Waals surface area contributed by atoms with Crippen LogP contribution >= 0.6 is 0 Å². The van der Waals surface area contributed by atoms with E-state index >= 15 is 0 Å². The highest BCUT2D eigenvalue weighted by Gasteiger charge is 2.22. The van der Waals surface area contributed by atoms with Crippen molar-refractivity contribution >= 4 is 23.2 Å². The van der Waals surface area contributed by atoms with Crippen LogP contribution in [0.5, 0.6) is 0 Å². The molecule has 168 valence electrons. The molecule has 0 spiro atoms. The highest BCUT2D eigenvalue weighted by molar-refractivity contribution is 5.95. The fourth-order valence-electron chi connectivity index (χ4n) is 3.25. The maximum Gasteiger partial charge on any atom is 0.335 e. The number of carbonyl (C=O) groups is 2. The summed E-state index contributed by atoms with van der Waals surface area (Å²) in [6, 6.07) is 12.8. The molecule has 0 aliphatic rings. The second-order valence-corrected chi connectivity index (χ2v) is 8.88. The number of rotatable bonds is 4. The van der Waals surface area contributed by atoms with Gasteiger partial charge < -0.3 is 10.4 Å². The predicted molar refractivity (Wildman–Crippen MR) is 124 cm³/mol. The van der Waals surface area contributed by atoms with Crippen molar-refractivity contribution in [3.63, 3.8) is 0 Å². The lowest BCUT2D eigenvalue weighted by molar-refractivity contribution is -0.123. The second kappa shape index (κ2) is 8.12. The van der Waals surface area contributed by atoms with Crippen molar-refractivity contribution < 1.29 is 19.1 Å². The molecule has 0 saturated carbocycles. The molecule has 2 aromatic heterocycles. The van der Waals surface area contributed by atoms with Crippen LogP contribution in [0.4, 0.5) is 10.1 Å². The Balaban J connectivity index is 1.69. The van der Waals surface area contributed by atoms with Gasteiger partial charge in [-0.05, 0) is 48.9 Å². The number of aromatic nitrogens is 3. The summed E-state index contributed by atoms with van der Waals surface area (Å²) in [4.78, 5) is 28.1. The molecule has 4 rings (SSSR count). The highest BCUT2D eigenvalue weighted by Crippen LogP contribution is 2.28. The predicted octanol–water partition coefficient (Wildman–Crippen LogP) is 5.19. The Kier molecular flexibility index (Phi) is 5.45. The molecular weight excluding hydrogens is 423 g/mol. The summed E-state index contributed by atoms with van der Waals surface area (Å²) in [6.45, 7) is 7.48. The zero-order valence-corrected chi connectivity index (χ0v) is 18.7. The lowest BCUT2D eigenvalue weighted by Crippen LogP contribution is -2.27. The molecule has 0 unspecified atom stereocenters. The maximum atomic E-state index is 14.5. The Morgan fingerprint density at radius 3 is 2.45 bits per heavy atom. The average Bonchev–Trinajstić information content (AvgIpc) is 3.17. The minimum absolute atomic E-state index is 0.0833. The molecule has 2 heterocycles. The summed E-state index contributed by atoms with van der Waals surface area (Å²) < 4.78 is 16.0. The smallest absolute Gasteiger partial charge is 0.335 e. The van der Waals surface area contributed by atoms with Crippen molar-refractivity contribution in [3.05, 3.63) is 71.7 Å². The Bertz CT molecular complexity index is 1400. The molecular formula is C25H23FN4O3. The number of anilines is 1. The number of imidazole rings is 1. The number of nitrogens with one attached hydrogen (secondary N) is 1. The molecule has 0 atom stereocenters. The van der Waals surface area contributed by atoms with Crippen molar-refractivity contribution in [2.24, 2.45) is 5.41 Å². The molecule has 0 bridgehead atoms. The van der Waals surface area contributed by atoms with Crippen LogP contribution in [0.15, 0.2) is 54.7 Å². The van der Waals surface area contributed by atoms with Gasteiger partial charge in [0.2, 0.25) is 5.91 Å². The Labute approximate surface area is 189 Å². The number of nitrogens with zero attached hydrogens (tertiary/aromatic N) is 3. The fourth-order valence-corrected chi connectivity index (χ4v) is 3.25. The standard InChI is InChI=1S/C25H23FN4O3/c1-14-5-6-15(12-20(14)28-24(33)25(2,3)4)21-13-30-22(27-21)10-9-19(29-30)17-8-7-16(23(31)32)11-18(17)26/h5-13H,1-4H3,(H,28,33)(H,31,32). The summed E-state index contributed by atoms with van der Waals surface area (Å²) >= 11 is 0. The molecule has 0 fully saturated rings. The minimum atomic E-state index is -1.20. The Morgan fingerprint density at radius 1 is 1.03 bits per heavy atom. The number of benzene rings is 2. The van der Waals surface area contributed by atoms with Crippen molar-refractivity contribution in [3.8, 4) is 22.5 Å². The molecule has 0 aliphatic carbocycles. The van der Waals surface area contributed by atoms with Gasteiger partial charge in [-0.1, -0.05) is 32.9 Å². The van der Waals surface area contributed by atoms with E-state index in [-0.39, 0.29) is 17.0 Å². The number of hydrogen-bond acceptors (Lipinski definition) is 4. The number of fused-ring (bicyclic) bond motifs is 1. The Morgan fingerprint density at radius 2 is 1.79 bits per heavy atom. The van der Waals surface area contributed by atoms with Crippen LogP contribution in [0.1, 0.15) is 36.7 Å². The first-order valence-corrected chi connectivity index (χ1v) is 10.3. The molecule has 4 aromatic rings. The number of amides is 1. The van der Waals surface area contributed by atoms with Gasteiger partial charge in [-0.3, -0.25) is 4.79 Å². The molecule has 33 heavy (non-hydrogen) atoms. The van der Waals surface area contributed by atoms with Gasteiger partial charge in [0, 0.05) is 22.2 Å². The van der Waals surface area contributed by atoms with Gasteiger partial charge in [-0.25, -0.2) is 18.7 Å². The molecule has 2 N–H and O–H groups in total. The quantitative estimate of drug-likeness (QED) is 0.450. The summed E-state index contributed by atoms with van der Waals surface area (Å²) in [5.41, 5.74) is 3.54. The van der Waals surface area contributed by atoms with Gasteiger partial charge >= 0.3 is 5.97 Å². The Hall–Kier alpha value is -4.07. The molecule has 0 aliphatic heterocycles. The summed E-state index contributed by atoms with van der Waals surface area (Å²) in [5.74, 6) is -1.95. The second-order valence-electron chi connectivity index (χ2n) is 8.88. The fraction of sp³-hybridized carbons (Fsp3) is 0.200. The van der Waals surface area contributed by atoms with Gasteiger partial charge in [0.1, 0.15) is 5.82 Å². The van der Waals surface area contributed by atoms with Crippen molar-refractivity contribution in [2.75, 3.05) is 5.32 Å². The number of carboxylic acids is 1. The summed E-state index contributed by atoms with van der Waals surface area (Å²) in [6.07, 6.45) is 1.72. The number of carbonyl (C=O) groups excluding carboxylic acids is 1. The molecule has 7 nitrogen and oxygen atoms in total. The third-order valence-electron chi connectivity index (χ3n) is 5.27. The van der Waals surface area contributed by atoms with Crippen LogP contribution < -0.4 is 5.32 Å². The molecule has 2 aromatic carbocycles. The van der Waals surface area contributed by atoms with E-state index in [0.717, 1.165) is 17.2 Å². The van der Waals surface area contributed by atoms with Crippen LogP contribution in [0, 0.1) is 18.2 Å². The number of halogens is 1. The van der Waals surface area contributed by atoms with Gasteiger partial charge in [0.25, 0.3) is 0 Å². The number of hydrogen-bond donors (Lipinski definition) is 2. The van der Waals surface area contributed by atoms with Crippen LogP contribution in [0.3, 0.4) is 0 Å². The van der Waals surface area contributed by atoms with Crippen molar-refractivity contribution in [1.29, 1.82) is 0 Å². The lowest BCUT2D eigenvalue weighted by atomic mass is 9.95. The average molecular weight is 446 g/mol. The maximum absolute atomic E-state index is 14.5. The van der Waals surface area contributed by atoms with E-state index in [0.29, 0.717) is 22.7 Å². The van der Waals surface area contributed by atoms with E-state index in [1.165, 1.54) is 12.1 Å². The van der Waals surface area contributed by atoms with E-state index in [2.05, 4.69) is 15.4 Å². The first kappa shape index (κ1) is 22.1. The highest BCUT2D eigenvalue weighted by atomic mass is 19.1. The van der Waals surface area contributed by atoms with Gasteiger partial charge in [-0.15, -0.1) is 0 Å². The summed E-state index contributed by atoms with van der Waals surface area (Å²) in [7, 11) is 0. The number of aromatic carboxylic acids is 1. The molecule has 8 heteroatoms. The van der Waals surface area contributed by atoms with Crippen LogP contribution in [0.25, 0.3) is 28.2 Å². The van der Waals surface area contributed by atoms with Gasteiger partial charge in [-0.2, -0.15) is 5.10 Å². The van der Waals surface area contributed by atoms with Crippen LogP contribution in [0.2, 0.25) is 0 Å². The minimum Gasteiger partial charge on any atom is -0.478 e. The molecule has 0 radical (unpaired) electrons. The topological polar surface area (TPSA) is 96.6 Å². The van der Waals surface area contributed by atoms with Crippen molar-refractivity contribution in [2.45, 2.75) is 27.7 Å². The lowest BCUT2D eigenvalue weighted by Gasteiger charge is -2.19. The number of carboxylic acid groups (broad SMARTS) is 1. The SMILES string of the molecule is Cc1ccc(-c2cn3nc(-c4ccc(C(=O)O)cc4F)ccc3n2)cc1NC(=O)C(C)(C)C. The zero-order valence-electron chi connectivity index (χ0n) is 18.7. The van der Waals surface area contributed by atoms with Gasteiger partial charge in [0.15, 0.2) is 5.65 Å². The molecule has 1 amide bonds. The monoisotopic (exact) mass is 446 g/mol.